The number of hydrogen-bond acceptors (Lipinski definition) is 3. The van der Waals surface area contributed by atoms with E-state index in [2.05, 4.69) is 0 Å². The number of carbonyl (C=O) groups is 1. The molecule has 0 spiro atoms. The number of carboxylic acids is 1. The van der Waals surface area contributed by atoms with Gasteiger partial charge in [-0.15, -0.1) is 0 Å². The second kappa shape index (κ2) is 4.48. The molecule has 0 fully saturated rings. The summed E-state index contributed by atoms with van der Waals surface area (Å²) in [5, 5.41) is 16.7. The Morgan fingerprint density at radius 2 is 2.08 bits per heavy atom. The minimum Gasteiger partial charge on any atom is -0.477 e. The highest BCUT2D eigenvalue weighted by molar-refractivity contribution is 5.75. The second-order valence-electron chi connectivity index (χ2n) is 2.96. The maximum atomic E-state index is 12.6. The largest absolute Gasteiger partial charge is 0.477 e. The van der Waals surface area contributed by atoms with Crippen LogP contribution in [0.25, 0.3) is 0 Å². The monoisotopic (exact) mass is 197 g/mol. The van der Waals surface area contributed by atoms with Gasteiger partial charge in [0.25, 0.3) is 0 Å². The van der Waals surface area contributed by atoms with Crippen molar-refractivity contribution in [2.45, 2.75) is 18.9 Å². The van der Waals surface area contributed by atoms with Gasteiger partial charge in [-0.25, -0.2) is 4.79 Å². The molecule has 0 heterocycles. The first-order chi connectivity index (χ1) is 5.81. The molecule has 0 aliphatic carbocycles. The molecule has 4 nitrogen and oxygen atoms in total. The van der Waals surface area contributed by atoms with Gasteiger partial charge in [0.15, 0.2) is 0 Å². The summed E-state index contributed by atoms with van der Waals surface area (Å²) in [6.45, 7) is 0.341. The Bertz CT molecular complexity index is 187. The lowest BCUT2D eigenvalue weighted by Gasteiger charge is -2.25. The summed E-state index contributed by atoms with van der Waals surface area (Å²) in [5.74, 6) is -5.91. The van der Waals surface area contributed by atoms with Crippen LogP contribution in [0.4, 0.5) is 8.78 Å². The van der Waals surface area contributed by atoms with Crippen LogP contribution >= 0.6 is 0 Å². The highest BCUT2D eigenvalue weighted by Crippen LogP contribution is 2.15. The van der Waals surface area contributed by atoms with Crippen LogP contribution in [-0.4, -0.2) is 53.2 Å². The van der Waals surface area contributed by atoms with Gasteiger partial charge in [-0.2, -0.15) is 8.78 Å². The summed E-state index contributed by atoms with van der Waals surface area (Å²) in [4.78, 5) is 11.1. The predicted octanol–water partition coefficient (Wildman–Crippen LogP) is 0.0189. The third-order valence-electron chi connectivity index (χ3n) is 1.78. The fourth-order valence-electron chi connectivity index (χ4n) is 0.676. The number of aliphatic hydroxyl groups is 1. The van der Waals surface area contributed by atoms with E-state index in [4.69, 9.17) is 10.2 Å². The van der Waals surface area contributed by atoms with Gasteiger partial charge >= 0.3 is 11.9 Å². The van der Waals surface area contributed by atoms with Gasteiger partial charge in [0.2, 0.25) is 0 Å². The molecule has 0 aromatic rings. The van der Waals surface area contributed by atoms with Crippen molar-refractivity contribution in [3.05, 3.63) is 0 Å². The Hall–Kier alpha value is -0.750. The second-order valence-corrected chi connectivity index (χ2v) is 2.96. The molecular formula is C7H13F2NO3. The minimum atomic E-state index is -3.77. The smallest absolute Gasteiger partial charge is 0.375 e. The van der Waals surface area contributed by atoms with E-state index in [1.807, 2.05) is 0 Å². The molecule has 0 saturated carbocycles. The molecule has 0 amide bonds. The van der Waals surface area contributed by atoms with Crippen LogP contribution in [0, 0.1) is 0 Å². The molecule has 0 radical (unpaired) electrons. The van der Waals surface area contributed by atoms with E-state index in [9.17, 15) is 13.6 Å². The van der Waals surface area contributed by atoms with Crippen LogP contribution in [0.1, 0.15) is 6.92 Å². The van der Waals surface area contributed by atoms with Crippen molar-refractivity contribution in [3.63, 3.8) is 0 Å². The summed E-state index contributed by atoms with van der Waals surface area (Å²) in [7, 11) is 1.33. The van der Waals surface area contributed by atoms with Crippen LogP contribution in [0.3, 0.4) is 0 Å². The minimum absolute atomic E-state index is 0.286. The van der Waals surface area contributed by atoms with Crippen molar-refractivity contribution >= 4 is 5.97 Å². The molecule has 0 bridgehead atoms. The van der Waals surface area contributed by atoms with Crippen molar-refractivity contribution < 1.29 is 23.8 Å². The Morgan fingerprint density at radius 1 is 1.62 bits per heavy atom. The van der Waals surface area contributed by atoms with E-state index in [1.165, 1.54) is 14.0 Å². The quantitative estimate of drug-likeness (QED) is 0.652. The number of nitrogens with zero attached hydrogens (tertiary/aromatic N) is 1. The molecule has 78 valence electrons. The number of carboxylic acid groups (broad SMARTS) is 1. The van der Waals surface area contributed by atoms with Gasteiger partial charge in [0.1, 0.15) is 0 Å². The van der Waals surface area contributed by atoms with E-state index in [1.54, 1.807) is 0 Å². The zero-order valence-corrected chi connectivity index (χ0v) is 7.50. The average molecular weight is 197 g/mol. The number of hydrogen-bond donors (Lipinski definition) is 2. The maximum absolute atomic E-state index is 12.6. The molecule has 0 aliphatic heterocycles. The summed E-state index contributed by atoms with van der Waals surface area (Å²) in [6, 6.07) is -0.481. The molecular weight excluding hydrogens is 184 g/mol. The first-order valence-electron chi connectivity index (χ1n) is 3.73. The van der Waals surface area contributed by atoms with Crippen LogP contribution in [0.15, 0.2) is 0 Å². The Kier molecular flexibility index (Phi) is 4.22. The number of aliphatic hydroxyl groups excluding tert-OH is 1. The Morgan fingerprint density at radius 3 is 2.38 bits per heavy atom. The fraction of sp³-hybridized carbons (Fsp3) is 0.857. The van der Waals surface area contributed by atoms with Crippen molar-refractivity contribution in [1.82, 2.24) is 4.90 Å². The van der Waals surface area contributed by atoms with Crippen LogP contribution in [-0.2, 0) is 4.79 Å². The van der Waals surface area contributed by atoms with Gasteiger partial charge in [0.05, 0.1) is 13.2 Å². The summed E-state index contributed by atoms with van der Waals surface area (Å²) >= 11 is 0. The van der Waals surface area contributed by atoms with Crippen LogP contribution < -0.4 is 0 Å². The average Bonchev–Trinajstić information content (AvgIpc) is 2.01. The number of likely N-dealkylation sites (N-methyl/N-ethyl adjacent to an activating group) is 1. The molecule has 1 unspecified atom stereocenters. The molecule has 1 atom stereocenters. The van der Waals surface area contributed by atoms with Crippen molar-refractivity contribution in [3.8, 4) is 0 Å². The lowest BCUT2D eigenvalue weighted by molar-refractivity contribution is -0.167. The number of alkyl halides is 2. The van der Waals surface area contributed by atoms with Crippen molar-refractivity contribution in [1.29, 1.82) is 0 Å². The molecule has 0 aromatic heterocycles. The van der Waals surface area contributed by atoms with Gasteiger partial charge in [-0.1, -0.05) is 0 Å². The first-order valence-corrected chi connectivity index (χ1v) is 3.73. The number of aliphatic carboxylic acids is 1. The van der Waals surface area contributed by atoms with Crippen molar-refractivity contribution in [2.24, 2.45) is 0 Å². The maximum Gasteiger partial charge on any atom is 0.375 e. The SMILES string of the molecule is CC(CO)N(C)CC(F)(F)C(=O)O. The number of rotatable bonds is 5. The first kappa shape index (κ1) is 12.2. The fourth-order valence-corrected chi connectivity index (χ4v) is 0.676. The highest BCUT2D eigenvalue weighted by atomic mass is 19.3. The summed E-state index contributed by atoms with van der Waals surface area (Å²) < 4.78 is 25.1. The van der Waals surface area contributed by atoms with E-state index < -0.39 is 24.5 Å². The third-order valence-corrected chi connectivity index (χ3v) is 1.78. The topological polar surface area (TPSA) is 60.8 Å². The molecule has 6 heteroatoms. The normalized spacial score (nSPS) is 14.6. The third kappa shape index (κ3) is 3.65. The Labute approximate surface area is 74.8 Å². The number of halogens is 2. The van der Waals surface area contributed by atoms with Gasteiger partial charge < -0.3 is 10.2 Å². The zero-order chi connectivity index (χ0) is 10.6. The van der Waals surface area contributed by atoms with E-state index in [0.717, 1.165) is 4.90 Å². The predicted molar refractivity (Wildman–Crippen MR) is 41.8 cm³/mol. The van der Waals surface area contributed by atoms with E-state index in [0.29, 0.717) is 0 Å². The van der Waals surface area contributed by atoms with Crippen molar-refractivity contribution in [2.75, 3.05) is 20.2 Å². The van der Waals surface area contributed by atoms with Gasteiger partial charge in [-0.05, 0) is 14.0 Å². The molecule has 0 saturated heterocycles. The zero-order valence-electron chi connectivity index (χ0n) is 7.50. The molecule has 0 rings (SSSR count). The summed E-state index contributed by atoms with van der Waals surface area (Å²) in [6.07, 6.45) is 0. The lowest BCUT2D eigenvalue weighted by atomic mass is 10.2. The lowest BCUT2D eigenvalue weighted by Crippen LogP contribution is -2.45. The van der Waals surface area contributed by atoms with E-state index >= 15 is 0 Å². The highest BCUT2D eigenvalue weighted by Gasteiger charge is 2.40. The van der Waals surface area contributed by atoms with Gasteiger partial charge in [0, 0.05) is 6.04 Å². The van der Waals surface area contributed by atoms with E-state index in [-0.39, 0.29) is 6.61 Å². The standard InChI is InChI=1S/C7H13F2NO3/c1-5(3-11)10(2)4-7(8,9)6(12)13/h5,11H,3-4H2,1-2H3,(H,12,13). The van der Waals surface area contributed by atoms with Gasteiger partial charge in [-0.3, -0.25) is 4.90 Å². The molecule has 13 heavy (non-hydrogen) atoms. The molecule has 2 N–H and O–H groups in total. The van der Waals surface area contributed by atoms with Crippen LogP contribution in [0.2, 0.25) is 0 Å². The summed E-state index contributed by atoms with van der Waals surface area (Å²) in [5.41, 5.74) is 0. The molecule has 0 aromatic carbocycles. The molecule has 0 aliphatic rings. The Balaban J connectivity index is 4.19. The van der Waals surface area contributed by atoms with Crippen LogP contribution in [0.5, 0.6) is 0 Å².